The number of amides is 1. The molecule has 0 N–H and O–H groups in total. The molecule has 1 aromatic carbocycles. The highest BCUT2D eigenvalue weighted by atomic mass is 32.1. The predicted octanol–water partition coefficient (Wildman–Crippen LogP) is 1.41. The minimum atomic E-state index is -0.928. The lowest BCUT2D eigenvalue weighted by Gasteiger charge is -2.16. The Labute approximate surface area is 202 Å². The molecule has 0 unspecified atom stereocenters. The van der Waals surface area contributed by atoms with Crippen LogP contribution in [0.3, 0.4) is 0 Å². The number of likely N-dealkylation sites (tertiary alicyclic amines) is 1. The van der Waals surface area contributed by atoms with E-state index in [2.05, 4.69) is 10.2 Å². The van der Waals surface area contributed by atoms with Crippen LogP contribution in [-0.4, -0.2) is 61.4 Å². The molecule has 1 saturated heterocycles. The fraction of sp³-hybridized carbons (Fsp3) is 0.304. The molecule has 12 heteroatoms. The van der Waals surface area contributed by atoms with Crippen LogP contribution in [0.2, 0.25) is 0 Å². The number of para-hydroxylation sites is 1. The van der Waals surface area contributed by atoms with Gasteiger partial charge in [0.1, 0.15) is 21.6 Å². The lowest BCUT2D eigenvalue weighted by molar-refractivity contribution is -0.129. The first-order valence-corrected chi connectivity index (χ1v) is 11.7. The zero-order valence-corrected chi connectivity index (χ0v) is 20.1. The number of nitrogens with zero attached hydrogens (tertiary/aromatic N) is 6. The standard InChI is InChI=1S/C23H22N6O5S/c1-13-18-20(32)28(15-8-11-26(2)19(15)31)23(33)27(22(18)35-21(13)29-24-9-10-25-29)12-16(30)14-6-4-5-7-17(14)34-3/h4-7,9-10,15H,8,11-12H2,1-3H3/t15-/m1/s1. The molecule has 3 aromatic heterocycles. The van der Waals surface area contributed by atoms with E-state index in [0.29, 0.717) is 39.7 Å². The van der Waals surface area contributed by atoms with E-state index in [-0.39, 0.29) is 23.6 Å². The number of benzene rings is 1. The molecule has 0 bridgehead atoms. The second-order valence-electron chi connectivity index (χ2n) is 8.26. The van der Waals surface area contributed by atoms with E-state index in [4.69, 9.17) is 4.74 Å². The Kier molecular flexibility index (Phi) is 5.59. The minimum absolute atomic E-state index is 0.261. The molecule has 1 aliphatic rings. The van der Waals surface area contributed by atoms with Crippen LogP contribution in [0.25, 0.3) is 15.2 Å². The van der Waals surface area contributed by atoms with Gasteiger partial charge < -0.3 is 9.64 Å². The summed E-state index contributed by atoms with van der Waals surface area (Å²) < 4.78 is 7.57. The summed E-state index contributed by atoms with van der Waals surface area (Å²) in [6.45, 7) is 1.83. The molecule has 1 aliphatic heterocycles. The Morgan fingerprint density at radius 1 is 1.17 bits per heavy atom. The van der Waals surface area contributed by atoms with Gasteiger partial charge in [0.05, 0.1) is 37.0 Å². The first-order chi connectivity index (χ1) is 16.8. The van der Waals surface area contributed by atoms with Gasteiger partial charge in [-0.05, 0) is 25.5 Å². The maximum absolute atomic E-state index is 13.7. The van der Waals surface area contributed by atoms with Crippen LogP contribution in [0.1, 0.15) is 28.4 Å². The van der Waals surface area contributed by atoms with E-state index < -0.39 is 17.3 Å². The maximum Gasteiger partial charge on any atom is 0.333 e. The molecule has 4 aromatic rings. The van der Waals surface area contributed by atoms with Gasteiger partial charge in [-0.3, -0.25) is 19.0 Å². The summed E-state index contributed by atoms with van der Waals surface area (Å²) >= 11 is 1.15. The number of Topliss-reactive ketones (excluding diaryl/α,β-unsaturated/α-hetero) is 1. The first kappa shape index (κ1) is 22.7. The number of hydrogen-bond acceptors (Lipinski definition) is 8. The average molecular weight is 495 g/mol. The fourth-order valence-corrected chi connectivity index (χ4v) is 5.64. The van der Waals surface area contributed by atoms with Gasteiger partial charge in [0.25, 0.3) is 5.56 Å². The lowest BCUT2D eigenvalue weighted by Crippen LogP contribution is -2.44. The van der Waals surface area contributed by atoms with Crippen molar-refractivity contribution >= 4 is 33.2 Å². The Balaban J connectivity index is 1.76. The Bertz CT molecular complexity index is 1580. The summed E-state index contributed by atoms with van der Waals surface area (Å²) in [5.41, 5.74) is -0.392. The maximum atomic E-state index is 13.7. The number of rotatable bonds is 6. The van der Waals surface area contributed by atoms with Crippen LogP contribution < -0.4 is 16.0 Å². The summed E-state index contributed by atoms with van der Waals surface area (Å²) in [5, 5.41) is 9.12. The summed E-state index contributed by atoms with van der Waals surface area (Å²) in [4.78, 5) is 56.6. The topological polar surface area (TPSA) is 121 Å². The Morgan fingerprint density at radius 3 is 2.54 bits per heavy atom. The van der Waals surface area contributed by atoms with Crippen molar-refractivity contribution in [2.24, 2.45) is 0 Å². The molecule has 1 fully saturated rings. The number of likely N-dealkylation sites (N-methyl/N-ethyl adjacent to an activating group) is 1. The van der Waals surface area contributed by atoms with Crippen molar-refractivity contribution in [2.45, 2.75) is 25.9 Å². The van der Waals surface area contributed by atoms with Gasteiger partial charge in [0, 0.05) is 19.2 Å². The van der Waals surface area contributed by atoms with E-state index >= 15 is 0 Å². The summed E-state index contributed by atoms with van der Waals surface area (Å²) in [6, 6.07) is 5.81. The van der Waals surface area contributed by atoms with Crippen LogP contribution in [0.5, 0.6) is 5.75 Å². The monoisotopic (exact) mass is 494 g/mol. The predicted molar refractivity (Wildman–Crippen MR) is 129 cm³/mol. The molecular formula is C23H22N6O5S. The van der Waals surface area contributed by atoms with Crippen LogP contribution in [0, 0.1) is 6.92 Å². The Hall–Kier alpha value is -4.06. The van der Waals surface area contributed by atoms with Crippen molar-refractivity contribution in [1.29, 1.82) is 0 Å². The Morgan fingerprint density at radius 2 is 1.89 bits per heavy atom. The third-order valence-corrected chi connectivity index (χ3v) is 7.52. The van der Waals surface area contributed by atoms with E-state index in [1.807, 2.05) is 0 Å². The van der Waals surface area contributed by atoms with Crippen LogP contribution in [-0.2, 0) is 11.3 Å². The number of carbonyl (C=O) groups excluding carboxylic acids is 2. The van der Waals surface area contributed by atoms with Gasteiger partial charge in [-0.15, -0.1) is 4.80 Å². The largest absolute Gasteiger partial charge is 0.496 e. The van der Waals surface area contributed by atoms with E-state index in [9.17, 15) is 19.2 Å². The molecule has 0 saturated carbocycles. The van der Waals surface area contributed by atoms with Gasteiger partial charge in [0.15, 0.2) is 5.78 Å². The third kappa shape index (κ3) is 3.57. The third-order valence-electron chi connectivity index (χ3n) is 6.24. The second kappa shape index (κ2) is 8.62. The normalized spacial score (nSPS) is 15.8. The van der Waals surface area contributed by atoms with Crippen molar-refractivity contribution in [2.75, 3.05) is 20.7 Å². The number of aromatic nitrogens is 5. The van der Waals surface area contributed by atoms with Crippen molar-refractivity contribution in [1.82, 2.24) is 29.0 Å². The van der Waals surface area contributed by atoms with E-state index in [1.54, 1.807) is 38.2 Å². The zero-order chi connectivity index (χ0) is 24.9. The van der Waals surface area contributed by atoms with Crippen molar-refractivity contribution in [3.63, 3.8) is 0 Å². The number of ether oxygens (including phenoxy) is 1. The van der Waals surface area contributed by atoms with E-state index in [1.165, 1.54) is 33.8 Å². The molecule has 1 amide bonds. The SMILES string of the molecule is COc1ccccc1C(=O)Cn1c(=O)n([C@@H]2CCN(C)C2=O)c(=O)c2c(C)c(-n3nccn3)sc21. The molecular weight excluding hydrogens is 472 g/mol. The highest BCUT2D eigenvalue weighted by molar-refractivity contribution is 7.21. The first-order valence-electron chi connectivity index (χ1n) is 10.9. The van der Waals surface area contributed by atoms with Gasteiger partial charge >= 0.3 is 5.69 Å². The molecule has 0 aliphatic carbocycles. The number of thiophene rings is 1. The zero-order valence-electron chi connectivity index (χ0n) is 19.3. The van der Waals surface area contributed by atoms with Gasteiger partial charge in [-0.25, -0.2) is 9.36 Å². The number of aryl methyl sites for hydroxylation is 1. The molecule has 180 valence electrons. The van der Waals surface area contributed by atoms with Gasteiger partial charge in [-0.2, -0.15) is 10.2 Å². The lowest BCUT2D eigenvalue weighted by atomic mass is 10.1. The average Bonchev–Trinajstić information content (AvgIpc) is 3.58. The van der Waals surface area contributed by atoms with Gasteiger partial charge in [-0.1, -0.05) is 23.5 Å². The molecule has 0 spiro atoms. The summed E-state index contributed by atoms with van der Waals surface area (Å²) in [5.74, 6) is -0.296. The summed E-state index contributed by atoms with van der Waals surface area (Å²) in [7, 11) is 3.10. The van der Waals surface area contributed by atoms with Crippen molar-refractivity contribution in [3.05, 3.63) is 68.6 Å². The molecule has 1 atom stereocenters. The number of ketones is 1. The fourth-order valence-electron chi connectivity index (χ4n) is 4.43. The van der Waals surface area contributed by atoms with Gasteiger partial charge in [0.2, 0.25) is 5.91 Å². The summed E-state index contributed by atoms with van der Waals surface area (Å²) in [6.07, 6.45) is 3.34. The molecule has 5 rings (SSSR count). The number of carbonyl (C=O) groups is 2. The van der Waals surface area contributed by atoms with Crippen molar-refractivity contribution < 1.29 is 14.3 Å². The molecule has 11 nitrogen and oxygen atoms in total. The van der Waals surface area contributed by atoms with Crippen LogP contribution in [0.4, 0.5) is 0 Å². The highest BCUT2D eigenvalue weighted by Crippen LogP contribution is 2.31. The number of hydrogen-bond donors (Lipinski definition) is 0. The minimum Gasteiger partial charge on any atom is -0.496 e. The quantitative estimate of drug-likeness (QED) is 0.372. The van der Waals surface area contributed by atoms with E-state index in [0.717, 1.165) is 15.9 Å². The second-order valence-corrected chi connectivity index (χ2v) is 9.24. The highest BCUT2D eigenvalue weighted by Gasteiger charge is 2.35. The number of methoxy groups -OCH3 is 1. The molecule has 35 heavy (non-hydrogen) atoms. The molecule has 4 heterocycles. The molecule has 0 radical (unpaired) electrons. The number of fused-ring (bicyclic) bond motifs is 1. The van der Waals surface area contributed by atoms with Crippen molar-refractivity contribution in [3.8, 4) is 10.8 Å². The van der Waals surface area contributed by atoms with Crippen LogP contribution >= 0.6 is 11.3 Å². The smallest absolute Gasteiger partial charge is 0.333 e. The van der Waals surface area contributed by atoms with Crippen LogP contribution in [0.15, 0.2) is 46.2 Å².